The van der Waals surface area contributed by atoms with Crippen LogP contribution in [0.3, 0.4) is 0 Å². The summed E-state index contributed by atoms with van der Waals surface area (Å²) >= 11 is 1.64. The lowest BCUT2D eigenvalue weighted by atomic mass is 10.2. The third-order valence-corrected chi connectivity index (χ3v) is 5.70. The van der Waals surface area contributed by atoms with Gasteiger partial charge >= 0.3 is 0 Å². The van der Waals surface area contributed by atoms with Gasteiger partial charge in [0.1, 0.15) is 0 Å². The summed E-state index contributed by atoms with van der Waals surface area (Å²) < 4.78 is 7.15. The van der Waals surface area contributed by atoms with Crippen LogP contribution in [0.1, 0.15) is 5.56 Å². The molecule has 1 aliphatic heterocycles. The molecule has 148 valence electrons. The van der Waals surface area contributed by atoms with Crippen molar-refractivity contribution in [3.63, 3.8) is 0 Å². The van der Waals surface area contributed by atoms with Crippen molar-refractivity contribution in [2.75, 3.05) is 38.6 Å². The first kappa shape index (κ1) is 20.9. The monoisotopic (exact) mass is 417 g/mol. The van der Waals surface area contributed by atoms with E-state index in [1.54, 1.807) is 16.3 Å². The van der Waals surface area contributed by atoms with E-state index in [2.05, 4.69) is 4.90 Å². The molecular weight excluding hydrogens is 394 g/mol. The topological polar surface area (TPSA) is 47.4 Å². The van der Waals surface area contributed by atoms with Gasteiger partial charge in [0, 0.05) is 25.4 Å². The van der Waals surface area contributed by atoms with E-state index >= 15 is 0 Å². The Labute approximate surface area is 175 Å². The number of fused-ring (bicyclic) bond motifs is 1. The molecule has 5 nitrogen and oxygen atoms in total. The molecule has 28 heavy (non-hydrogen) atoms. The maximum atomic E-state index is 13.2. The number of hydrogen-bond donors (Lipinski definition) is 0. The van der Waals surface area contributed by atoms with E-state index in [-0.39, 0.29) is 18.0 Å². The minimum atomic E-state index is -0.0154. The third kappa shape index (κ3) is 4.58. The number of benzene rings is 2. The first-order valence-electron chi connectivity index (χ1n) is 9.24. The normalized spacial score (nSPS) is 14.8. The summed E-state index contributed by atoms with van der Waals surface area (Å²) in [5.41, 5.74) is 2.76. The van der Waals surface area contributed by atoms with Gasteiger partial charge in [-0.15, -0.1) is 12.4 Å². The smallest absolute Gasteiger partial charge is 0.266 e. The summed E-state index contributed by atoms with van der Waals surface area (Å²) in [6.07, 6.45) is 0. The summed E-state index contributed by atoms with van der Waals surface area (Å²) in [4.78, 5) is 20.4. The first-order valence-corrected chi connectivity index (χ1v) is 10.2. The molecule has 0 amide bonds. The number of thioether (sulfide) groups is 1. The fraction of sp³-hybridized carbons (Fsp3) is 0.333. The van der Waals surface area contributed by atoms with E-state index in [4.69, 9.17) is 9.72 Å². The largest absolute Gasteiger partial charge is 0.379 e. The Balaban J connectivity index is 0.00000225. The minimum absolute atomic E-state index is 0. The van der Waals surface area contributed by atoms with Gasteiger partial charge in [-0.25, -0.2) is 4.98 Å². The second-order valence-corrected chi connectivity index (χ2v) is 7.75. The van der Waals surface area contributed by atoms with Crippen LogP contribution in [0.5, 0.6) is 0 Å². The van der Waals surface area contributed by atoms with Crippen LogP contribution in [0.25, 0.3) is 16.6 Å². The van der Waals surface area contributed by atoms with Crippen LogP contribution in [0.4, 0.5) is 0 Å². The van der Waals surface area contributed by atoms with E-state index in [0.717, 1.165) is 55.0 Å². The number of hydrogen-bond acceptors (Lipinski definition) is 5. The average molecular weight is 418 g/mol. The SMILES string of the molecule is Cc1ccc(-n2c(SCCN3CCOCC3)nc3ccccc3c2=O)cc1.Cl. The number of nitrogens with zero attached hydrogens (tertiary/aromatic N) is 3. The molecule has 0 radical (unpaired) electrons. The predicted octanol–water partition coefficient (Wildman–Crippen LogP) is 3.54. The zero-order valence-electron chi connectivity index (χ0n) is 15.8. The minimum Gasteiger partial charge on any atom is -0.379 e. The molecule has 1 aliphatic rings. The molecule has 4 rings (SSSR count). The lowest BCUT2D eigenvalue weighted by molar-refractivity contribution is 0.0410. The van der Waals surface area contributed by atoms with E-state index in [1.807, 2.05) is 55.5 Å². The molecular formula is C21H24ClN3O2S. The summed E-state index contributed by atoms with van der Waals surface area (Å²) in [7, 11) is 0. The molecule has 0 atom stereocenters. The second-order valence-electron chi connectivity index (χ2n) is 6.69. The maximum Gasteiger partial charge on any atom is 0.266 e. The first-order chi connectivity index (χ1) is 13.2. The molecule has 1 aromatic heterocycles. The molecule has 0 saturated carbocycles. The lowest BCUT2D eigenvalue weighted by Gasteiger charge is -2.26. The molecule has 0 bridgehead atoms. The summed E-state index contributed by atoms with van der Waals surface area (Å²) in [6, 6.07) is 15.6. The van der Waals surface area contributed by atoms with Gasteiger partial charge in [-0.2, -0.15) is 0 Å². The van der Waals surface area contributed by atoms with Gasteiger partial charge in [0.15, 0.2) is 5.16 Å². The van der Waals surface area contributed by atoms with Crippen LogP contribution >= 0.6 is 24.2 Å². The molecule has 3 aromatic rings. The quantitative estimate of drug-likeness (QED) is 0.469. The number of morpholine rings is 1. The molecule has 0 N–H and O–H groups in total. The molecule has 2 aromatic carbocycles. The van der Waals surface area contributed by atoms with E-state index in [9.17, 15) is 4.79 Å². The predicted molar refractivity (Wildman–Crippen MR) is 117 cm³/mol. The Kier molecular flexibility index (Phi) is 7.13. The lowest BCUT2D eigenvalue weighted by Crippen LogP contribution is -2.37. The number of rotatable bonds is 5. The molecule has 1 fully saturated rings. The van der Waals surface area contributed by atoms with E-state index in [0.29, 0.717) is 5.39 Å². The Hall–Kier alpha value is -1.86. The van der Waals surface area contributed by atoms with Crippen molar-refractivity contribution < 1.29 is 4.74 Å². The summed E-state index contributed by atoms with van der Waals surface area (Å²) in [5, 5.41) is 1.39. The highest BCUT2D eigenvalue weighted by Crippen LogP contribution is 2.21. The summed E-state index contributed by atoms with van der Waals surface area (Å²) in [6.45, 7) is 6.54. The van der Waals surface area contributed by atoms with Crippen LogP contribution in [-0.4, -0.2) is 53.1 Å². The Morgan fingerprint density at radius 1 is 1.07 bits per heavy atom. The molecule has 0 aliphatic carbocycles. The van der Waals surface area contributed by atoms with E-state index < -0.39 is 0 Å². The van der Waals surface area contributed by atoms with Crippen molar-refractivity contribution in [2.45, 2.75) is 12.1 Å². The van der Waals surface area contributed by atoms with Crippen molar-refractivity contribution >= 4 is 35.1 Å². The van der Waals surface area contributed by atoms with Gasteiger partial charge in [0.05, 0.1) is 29.8 Å². The second kappa shape index (κ2) is 9.56. The van der Waals surface area contributed by atoms with Crippen LogP contribution in [0.2, 0.25) is 0 Å². The fourth-order valence-electron chi connectivity index (χ4n) is 3.22. The number of aryl methyl sites for hydroxylation is 1. The van der Waals surface area contributed by atoms with Gasteiger partial charge in [0.25, 0.3) is 5.56 Å². The van der Waals surface area contributed by atoms with Crippen LogP contribution in [0.15, 0.2) is 58.5 Å². The number of para-hydroxylation sites is 1. The van der Waals surface area contributed by atoms with Gasteiger partial charge in [-0.3, -0.25) is 14.3 Å². The molecule has 2 heterocycles. The van der Waals surface area contributed by atoms with Crippen molar-refractivity contribution in [2.24, 2.45) is 0 Å². The molecule has 7 heteroatoms. The number of aromatic nitrogens is 2. The summed E-state index contributed by atoms with van der Waals surface area (Å²) in [5.74, 6) is 0.886. The van der Waals surface area contributed by atoms with Crippen LogP contribution < -0.4 is 5.56 Å². The standard InChI is InChI=1S/C21H23N3O2S.ClH/c1-16-6-8-17(9-7-16)24-20(25)18-4-2-3-5-19(18)22-21(24)27-15-12-23-10-13-26-14-11-23;/h2-9H,10-15H2,1H3;1H. The molecule has 1 saturated heterocycles. The van der Waals surface area contributed by atoms with Crippen molar-refractivity contribution in [1.82, 2.24) is 14.5 Å². The Bertz CT molecular complexity index is 985. The maximum absolute atomic E-state index is 13.2. The third-order valence-electron chi connectivity index (χ3n) is 4.78. The van der Waals surface area contributed by atoms with Crippen molar-refractivity contribution in [3.05, 3.63) is 64.4 Å². The molecule has 0 spiro atoms. The van der Waals surface area contributed by atoms with Gasteiger partial charge in [-0.1, -0.05) is 41.6 Å². The highest BCUT2D eigenvalue weighted by molar-refractivity contribution is 7.99. The van der Waals surface area contributed by atoms with Gasteiger partial charge < -0.3 is 4.74 Å². The van der Waals surface area contributed by atoms with Crippen LogP contribution in [-0.2, 0) is 4.74 Å². The van der Waals surface area contributed by atoms with Crippen molar-refractivity contribution in [1.29, 1.82) is 0 Å². The average Bonchev–Trinajstić information content (AvgIpc) is 2.70. The van der Waals surface area contributed by atoms with Crippen LogP contribution in [0, 0.1) is 6.92 Å². The number of ether oxygens (including phenoxy) is 1. The highest BCUT2D eigenvalue weighted by Gasteiger charge is 2.15. The Morgan fingerprint density at radius 3 is 2.54 bits per heavy atom. The van der Waals surface area contributed by atoms with E-state index in [1.165, 1.54) is 5.56 Å². The van der Waals surface area contributed by atoms with Crippen molar-refractivity contribution in [3.8, 4) is 5.69 Å². The molecule has 0 unspecified atom stereocenters. The Morgan fingerprint density at radius 2 is 1.79 bits per heavy atom. The number of halogens is 1. The van der Waals surface area contributed by atoms with Gasteiger partial charge in [-0.05, 0) is 31.2 Å². The zero-order chi connectivity index (χ0) is 18.6. The zero-order valence-corrected chi connectivity index (χ0v) is 17.5. The highest BCUT2D eigenvalue weighted by atomic mass is 35.5. The van der Waals surface area contributed by atoms with Gasteiger partial charge in [0.2, 0.25) is 0 Å². The fourth-order valence-corrected chi connectivity index (χ4v) is 4.23.